The number of carbonyl (C=O) groups is 1. The predicted octanol–water partition coefficient (Wildman–Crippen LogP) is 0.982. The average Bonchev–Trinajstić information content (AvgIpc) is 2.63. The maximum absolute atomic E-state index is 10.7. The first-order valence-electron chi connectivity index (χ1n) is 5.33. The molecule has 0 spiro atoms. The summed E-state index contributed by atoms with van der Waals surface area (Å²) in [6.07, 6.45) is 4.05. The summed E-state index contributed by atoms with van der Waals surface area (Å²) < 4.78 is 4.85. The van der Waals surface area contributed by atoms with Crippen molar-refractivity contribution in [3.05, 3.63) is 23.7 Å². The van der Waals surface area contributed by atoms with Gasteiger partial charge in [0.15, 0.2) is 0 Å². The third-order valence-corrected chi connectivity index (χ3v) is 2.99. The van der Waals surface area contributed by atoms with Gasteiger partial charge in [-0.1, -0.05) is 0 Å². The fourth-order valence-electron chi connectivity index (χ4n) is 1.85. The minimum Gasteiger partial charge on any atom is -0.475 e. The Kier molecular flexibility index (Phi) is 2.98. The quantitative estimate of drug-likeness (QED) is 0.695. The zero-order valence-electron chi connectivity index (χ0n) is 8.90. The molecule has 88 valence electrons. The Morgan fingerprint density at radius 1 is 1.56 bits per heavy atom. The summed E-state index contributed by atoms with van der Waals surface area (Å²) in [5.74, 6) is -1.10. The molecule has 0 aliphatic heterocycles. The summed E-state index contributed by atoms with van der Waals surface area (Å²) in [4.78, 5) is 10.7. The van der Waals surface area contributed by atoms with Gasteiger partial charge in [-0.05, 0) is 25.3 Å². The van der Waals surface area contributed by atoms with Crippen molar-refractivity contribution < 1.29 is 19.4 Å². The van der Waals surface area contributed by atoms with E-state index in [9.17, 15) is 9.90 Å². The van der Waals surface area contributed by atoms with E-state index in [2.05, 4.69) is 5.32 Å². The van der Waals surface area contributed by atoms with Crippen LogP contribution in [-0.2, 0) is 6.54 Å². The lowest BCUT2D eigenvalue weighted by molar-refractivity contribution is -0.0314. The maximum Gasteiger partial charge on any atom is 0.372 e. The first-order chi connectivity index (χ1) is 7.61. The molecule has 0 bridgehead atoms. The molecule has 2 rings (SSSR count). The number of nitrogens with one attached hydrogen (secondary N) is 1. The molecule has 1 aromatic heterocycles. The Bertz CT molecular complexity index is 381. The molecule has 1 fully saturated rings. The second kappa shape index (κ2) is 4.27. The van der Waals surface area contributed by atoms with Crippen molar-refractivity contribution in [2.45, 2.75) is 31.4 Å². The standard InChI is InChI=1S/C11H15NO4/c13-10(14)9-8(2-5-16-9)6-12-7-11(15)3-1-4-11/h2,5,12,15H,1,3-4,6-7H2,(H,13,14). The van der Waals surface area contributed by atoms with Crippen LogP contribution in [0, 0.1) is 0 Å². The van der Waals surface area contributed by atoms with Gasteiger partial charge in [0.25, 0.3) is 0 Å². The topological polar surface area (TPSA) is 82.7 Å². The van der Waals surface area contributed by atoms with Crippen LogP contribution in [0.3, 0.4) is 0 Å². The lowest BCUT2D eigenvalue weighted by Gasteiger charge is -2.36. The molecule has 3 N–H and O–H groups in total. The molecule has 16 heavy (non-hydrogen) atoms. The molecule has 0 aromatic carbocycles. The van der Waals surface area contributed by atoms with Crippen LogP contribution in [-0.4, -0.2) is 28.3 Å². The Morgan fingerprint density at radius 2 is 2.31 bits per heavy atom. The van der Waals surface area contributed by atoms with E-state index in [1.807, 2.05) is 0 Å². The molecular formula is C11H15NO4. The SMILES string of the molecule is O=C(O)c1occc1CNCC1(O)CCC1. The summed E-state index contributed by atoms with van der Waals surface area (Å²) >= 11 is 0. The maximum atomic E-state index is 10.7. The van der Waals surface area contributed by atoms with Gasteiger partial charge in [0.1, 0.15) is 0 Å². The Morgan fingerprint density at radius 3 is 2.88 bits per heavy atom. The van der Waals surface area contributed by atoms with Crippen molar-refractivity contribution in [1.82, 2.24) is 5.32 Å². The lowest BCUT2D eigenvalue weighted by Crippen LogP contribution is -2.46. The minimum absolute atomic E-state index is 0.0342. The third kappa shape index (κ3) is 2.25. The number of rotatable bonds is 5. The van der Waals surface area contributed by atoms with Gasteiger partial charge < -0.3 is 19.9 Å². The van der Waals surface area contributed by atoms with Gasteiger partial charge in [0.2, 0.25) is 5.76 Å². The van der Waals surface area contributed by atoms with E-state index >= 15 is 0 Å². The molecule has 1 aliphatic rings. The zero-order chi connectivity index (χ0) is 11.6. The number of hydrogen-bond acceptors (Lipinski definition) is 4. The fraction of sp³-hybridized carbons (Fsp3) is 0.545. The van der Waals surface area contributed by atoms with E-state index in [1.54, 1.807) is 6.07 Å². The van der Waals surface area contributed by atoms with E-state index < -0.39 is 11.6 Å². The highest BCUT2D eigenvalue weighted by atomic mass is 16.4. The predicted molar refractivity (Wildman–Crippen MR) is 56.2 cm³/mol. The summed E-state index contributed by atoms with van der Waals surface area (Å²) in [5.41, 5.74) is 0.0167. The van der Waals surface area contributed by atoms with Crippen LogP contribution in [0.4, 0.5) is 0 Å². The monoisotopic (exact) mass is 225 g/mol. The van der Waals surface area contributed by atoms with Crippen LogP contribution in [0.25, 0.3) is 0 Å². The highest BCUT2D eigenvalue weighted by Gasteiger charge is 2.33. The van der Waals surface area contributed by atoms with Crippen LogP contribution < -0.4 is 5.32 Å². The van der Waals surface area contributed by atoms with Crippen molar-refractivity contribution in [3.63, 3.8) is 0 Å². The number of furan rings is 1. The number of carboxylic acids is 1. The summed E-state index contributed by atoms with van der Waals surface area (Å²) in [6, 6.07) is 1.63. The van der Waals surface area contributed by atoms with Gasteiger partial charge >= 0.3 is 5.97 Å². The molecule has 0 atom stereocenters. The zero-order valence-corrected chi connectivity index (χ0v) is 8.90. The van der Waals surface area contributed by atoms with Gasteiger partial charge in [0, 0.05) is 18.7 Å². The molecule has 1 aliphatic carbocycles. The van der Waals surface area contributed by atoms with Gasteiger partial charge in [-0.25, -0.2) is 4.79 Å². The molecule has 5 heteroatoms. The molecular weight excluding hydrogens is 210 g/mol. The fourth-order valence-corrected chi connectivity index (χ4v) is 1.85. The van der Waals surface area contributed by atoms with E-state index in [0.29, 0.717) is 18.7 Å². The largest absolute Gasteiger partial charge is 0.475 e. The molecule has 0 saturated heterocycles. The van der Waals surface area contributed by atoms with Crippen molar-refractivity contribution in [1.29, 1.82) is 0 Å². The van der Waals surface area contributed by atoms with Crippen molar-refractivity contribution >= 4 is 5.97 Å². The lowest BCUT2D eigenvalue weighted by atomic mass is 9.80. The van der Waals surface area contributed by atoms with Crippen LogP contribution in [0.1, 0.15) is 35.4 Å². The first kappa shape index (κ1) is 11.2. The minimum atomic E-state index is -1.07. The summed E-state index contributed by atoms with van der Waals surface area (Å²) in [7, 11) is 0. The molecule has 0 amide bonds. The smallest absolute Gasteiger partial charge is 0.372 e. The molecule has 0 unspecified atom stereocenters. The van der Waals surface area contributed by atoms with E-state index in [4.69, 9.17) is 9.52 Å². The van der Waals surface area contributed by atoms with Crippen molar-refractivity contribution in [2.75, 3.05) is 6.54 Å². The number of hydrogen-bond donors (Lipinski definition) is 3. The second-order valence-corrected chi connectivity index (χ2v) is 4.26. The first-order valence-corrected chi connectivity index (χ1v) is 5.33. The number of aliphatic hydroxyl groups is 1. The Hall–Kier alpha value is -1.33. The van der Waals surface area contributed by atoms with Gasteiger partial charge in [-0.3, -0.25) is 0 Å². The van der Waals surface area contributed by atoms with Crippen molar-refractivity contribution in [2.24, 2.45) is 0 Å². The third-order valence-electron chi connectivity index (χ3n) is 2.99. The van der Waals surface area contributed by atoms with Gasteiger partial charge in [-0.2, -0.15) is 0 Å². The van der Waals surface area contributed by atoms with Gasteiger partial charge in [-0.15, -0.1) is 0 Å². The highest BCUT2D eigenvalue weighted by Crippen LogP contribution is 2.30. The van der Waals surface area contributed by atoms with Gasteiger partial charge in [0.05, 0.1) is 11.9 Å². The van der Waals surface area contributed by atoms with E-state index in [1.165, 1.54) is 6.26 Å². The van der Waals surface area contributed by atoms with Crippen molar-refractivity contribution in [3.8, 4) is 0 Å². The molecule has 0 radical (unpaired) electrons. The van der Waals surface area contributed by atoms with Crippen LogP contribution in [0.15, 0.2) is 16.7 Å². The molecule has 5 nitrogen and oxygen atoms in total. The van der Waals surface area contributed by atoms with Crippen LogP contribution in [0.5, 0.6) is 0 Å². The Balaban J connectivity index is 1.85. The normalized spacial score (nSPS) is 18.1. The van der Waals surface area contributed by atoms with E-state index in [-0.39, 0.29) is 5.76 Å². The average molecular weight is 225 g/mol. The number of aromatic carboxylic acids is 1. The molecule has 1 heterocycles. The summed E-state index contributed by atoms with van der Waals surface area (Å²) in [6.45, 7) is 0.900. The number of carboxylic acid groups (broad SMARTS) is 1. The molecule has 1 saturated carbocycles. The Labute approximate surface area is 93.1 Å². The van der Waals surface area contributed by atoms with E-state index in [0.717, 1.165) is 19.3 Å². The van der Waals surface area contributed by atoms with Crippen LogP contribution >= 0.6 is 0 Å². The summed E-state index contributed by atoms with van der Waals surface area (Å²) in [5, 5.41) is 21.7. The highest BCUT2D eigenvalue weighted by molar-refractivity contribution is 5.86. The molecule has 1 aromatic rings. The van der Waals surface area contributed by atoms with Crippen LogP contribution in [0.2, 0.25) is 0 Å². The second-order valence-electron chi connectivity index (χ2n) is 4.26.